The second-order valence-corrected chi connectivity index (χ2v) is 9.87. The molecule has 0 bridgehead atoms. The first-order valence-corrected chi connectivity index (χ1v) is 12.9. The van der Waals surface area contributed by atoms with Gasteiger partial charge in [-0.05, 0) is 43.2 Å². The highest BCUT2D eigenvalue weighted by atomic mass is 16.5. The fourth-order valence-electron chi connectivity index (χ4n) is 4.83. The summed E-state index contributed by atoms with van der Waals surface area (Å²) in [6.45, 7) is 10.3. The summed E-state index contributed by atoms with van der Waals surface area (Å²) in [5.41, 5.74) is 6.02. The molecule has 2 aromatic heterocycles. The van der Waals surface area contributed by atoms with Crippen LogP contribution in [0, 0.1) is 13.8 Å². The van der Waals surface area contributed by atoms with E-state index in [0.29, 0.717) is 31.7 Å². The normalized spacial score (nSPS) is 16.0. The molecule has 0 unspecified atom stereocenters. The molecule has 1 aromatic carbocycles. The van der Waals surface area contributed by atoms with E-state index in [0.717, 1.165) is 72.6 Å². The molecule has 1 amide bonds. The molecular weight excluding hydrogens is 466 g/mol. The van der Waals surface area contributed by atoms with Gasteiger partial charge >= 0.3 is 0 Å². The minimum absolute atomic E-state index is 0.0427. The fraction of sp³-hybridized carbons (Fsp3) is 0.429. The predicted molar refractivity (Wildman–Crippen MR) is 144 cm³/mol. The van der Waals surface area contributed by atoms with Crippen molar-refractivity contribution in [1.82, 2.24) is 25.2 Å². The lowest BCUT2D eigenvalue weighted by molar-refractivity contribution is 0.0383. The minimum atomic E-state index is -0.0427. The Labute approximate surface area is 218 Å². The second kappa shape index (κ2) is 11.2. The van der Waals surface area contributed by atoms with Crippen LogP contribution in [0.5, 0.6) is 0 Å². The Bertz CT molecular complexity index is 1240. The van der Waals surface area contributed by atoms with Crippen molar-refractivity contribution in [1.29, 1.82) is 0 Å². The SMILES string of the molecule is Cc1ccc(Cc2ncc3c(n2)N(C)CN(c2cc(C(=O)NCCN4CCOCC4)ccc2C)C3)cn1. The number of morpholine rings is 1. The molecule has 0 radical (unpaired) electrons. The Morgan fingerprint density at radius 3 is 2.70 bits per heavy atom. The molecule has 2 aliphatic heterocycles. The number of carbonyl (C=O) groups excluding carboxylic acids is 1. The van der Waals surface area contributed by atoms with Crippen LogP contribution in [0.1, 0.15) is 38.6 Å². The average Bonchev–Trinajstić information content (AvgIpc) is 2.91. The number of aryl methyl sites for hydroxylation is 2. The fourth-order valence-corrected chi connectivity index (χ4v) is 4.83. The Kier molecular flexibility index (Phi) is 7.62. The lowest BCUT2D eigenvalue weighted by Gasteiger charge is -2.37. The lowest BCUT2D eigenvalue weighted by Crippen LogP contribution is -2.42. The van der Waals surface area contributed by atoms with Gasteiger partial charge in [-0.15, -0.1) is 0 Å². The second-order valence-electron chi connectivity index (χ2n) is 9.87. The van der Waals surface area contributed by atoms with E-state index < -0.39 is 0 Å². The summed E-state index contributed by atoms with van der Waals surface area (Å²) in [5.74, 6) is 1.70. The third-order valence-corrected chi connectivity index (χ3v) is 6.96. The maximum Gasteiger partial charge on any atom is 0.251 e. The number of pyridine rings is 1. The highest BCUT2D eigenvalue weighted by Crippen LogP contribution is 2.30. The van der Waals surface area contributed by atoms with Crippen molar-refractivity contribution < 1.29 is 9.53 Å². The Morgan fingerprint density at radius 2 is 1.92 bits per heavy atom. The van der Waals surface area contributed by atoms with Gasteiger partial charge in [0.05, 0.1) is 19.9 Å². The van der Waals surface area contributed by atoms with Crippen LogP contribution < -0.4 is 15.1 Å². The van der Waals surface area contributed by atoms with Gasteiger partial charge in [0.25, 0.3) is 5.91 Å². The van der Waals surface area contributed by atoms with Crippen molar-refractivity contribution in [3.8, 4) is 0 Å². The van der Waals surface area contributed by atoms with E-state index in [1.807, 2.05) is 50.6 Å². The zero-order chi connectivity index (χ0) is 25.8. The summed E-state index contributed by atoms with van der Waals surface area (Å²) < 4.78 is 5.39. The number of aromatic nitrogens is 3. The monoisotopic (exact) mass is 501 g/mol. The molecule has 0 aliphatic carbocycles. The largest absolute Gasteiger partial charge is 0.379 e. The van der Waals surface area contributed by atoms with E-state index in [4.69, 9.17) is 9.72 Å². The topological polar surface area (TPSA) is 86.7 Å². The van der Waals surface area contributed by atoms with Gasteiger partial charge in [0, 0.05) is 81.1 Å². The maximum absolute atomic E-state index is 12.9. The summed E-state index contributed by atoms with van der Waals surface area (Å²) >= 11 is 0. The number of rotatable bonds is 7. The molecule has 5 rings (SSSR count). The Balaban J connectivity index is 1.25. The summed E-state index contributed by atoms with van der Waals surface area (Å²) in [7, 11) is 2.05. The number of fused-ring (bicyclic) bond motifs is 1. The van der Waals surface area contributed by atoms with Crippen LogP contribution in [0.2, 0.25) is 0 Å². The number of carbonyl (C=O) groups is 1. The first-order chi connectivity index (χ1) is 18.0. The summed E-state index contributed by atoms with van der Waals surface area (Å²) in [6, 6.07) is 10.0. The highest BCUT2D eigenvalue weighted by molar-refractivity contribution is 5.95. The first kappa shape index (κ1) is 25.1. The van der Waals surface area contributed by atoms with Crippen LogP contribution in [-0.4, -0.2) is 78.9 Å². The number of anilines is 2. The first-order valence-electron chi connectivity index (χ1n) is 12.9. The van der Waals surface area contributed by atoms with Crippen molar-refractivity contribution in [3.63, 3.8) is 0 Å². The quantitative estimate of drug-likeness (QED) is 0.529. The van der Waals surface area contributed by atoms with E-state index in [9.17, 15) is 4.79 Å². The number of benzene rings is 1. The third kappa shape index (κ3) is 6.06. The molecule has 9 nitrogen and oxygen atoms in total. The van der Waals surface area contributed by atoms with Gasteiger partial charge in [-0.25, -0.2) is 9.97 Å². The molecule has 0 spiro atoms. The van der Waals surface area contributed by atoms with Crippen molar-refractivity contribution >= 4 is 17.4 Å². The number of amides is 1. The van der Waals surface area contributed by atoms with Crippen molar-refractivity contribution in [3.05, 3.63) is 76.5 Å². The van der Waals surface area contributed by atoms with Crippen LogP contribution in [0.25, 0.3) is 0 Å². The standard InChI is InChI=1S/C28H35N7O2/c1-20-4-7-23(28(36)29-8-9-34-10-12-37-13-11-34)15-25(20)35-18-24-17-31-26(32-27(24)33(3)19-35)14-22-6-5-21(2)30-16-22/h4-7,15-17H,8-14,18-19H2,1-3H3,(H,29,36). The maximum atomic E-state index is 12.9. The number of ether oxygens (including phenoxy) is 1. The molecule has 3 aromatic rings. The van der Waals surface area contributed by atoms with Gasteiger partial charge in [-0.2, -0.15) is 0 Å². The molecule has 2 aliphatic rings. The Morgan fingerprint density at radius 1 is 1.08 bits per heavy atom. The molecule has 194 valence electrons. The zero-order valence-electron chi connectivity index (χ0n) is 21.9. The van der Waals surface area contributed by atoms with Crippen LogP contribution in [0.15, 0.2) is 42.7 Å². The number of nitrogens with one attached hydrogen (secondary N) is 1. The van der Waals surface area contributed by atoms with E-state index in [-0.39, 0.29) is 5.91 Å². The minimum Gasteiger partial charge on any atom is -0.379 e. The molecule has 0 saturated carbocycles. The smallest absolute Gasteiger partial charge is 0.251 e. The van der Waals surface area contributed by atoms with E-state index in [2.05, 4.69) is 43.0 Å². The van der Waals surface area contributed by atoms with Crippen molar-refractivity contribution in [2.24, 2.45) is 0 Å². The molecule has 37 heavy (non-hydrogen) atoms. The summed E-state index contributed by atoms with van der Waals surface area (Å²) in [4.78, 5) is 33.5. The number of nitrogens with zero attached hydrogens (tertiary/aromatic N) is 6. The van der Waals surface area contributed by atoms with Crippen molar-refractivity contribution in [2.45, 2.75) is 26.8 Å². The molecule has 1 saturated heterocycles. The lowest BCUT2D eigenvalue weighted by atomic mass is 10.1. The molecule has 4 heterocycles. The molecule has 9 heteroatoms. The Hall–Kier alpha value is -3.56. The van der Waals surface area contributed by atoms with Gasteiger partial charge in [-0.3, -0.25) is 14.7 Å². The van der Waals surface area contributed by atoms with Crippen molar-refractivity contribution in [2.75, 3.05) is 62.9 Å². The average molecular weight is 502 g/mol. The van der Waals surface area contributed by atoms with Crippen LogP contribution in [0.3, 0.4) is 0 Å². The molecule has 0 atom stereocenters. The van der Waals surface area contributed by atoms with Crippen LogP contribution in [-0.2, 0) is 17.7 Å². The highest BCUT2D eigenvalue weighted by Gasteiger charge is 2.24. The number of hydrogen-bond donors (Lipinski definition) is 1. The van der Waals surface area contributed by atoms with Gasteiger partial charge < -0.3 is 19.9 Å². The van der Waals surface area contributed by atoms with Gasteiger partial charge in [0.2, 0.25) is 0 Å². The molecular formula is C28H35N7O2. The molecule has 1 fully saturated rings. The van der Waals surface area contributed by atoms with Crippen LogP contribution >= 0.6 is 0 Å². The van der Waals surface area contributed by atoms with E-state index in [1.165, 1.54) is 0 Å². The van der Waals surface area contributed by atoms with Gasteiger partial charge in [0.15, 0.2) is 0 Å². The predicted octanol–water partition coefficient (Wildman–Crippen LogP) is 2.56. The molecule has 1 N–H and O–H groups in total. The van der Waals surface area contributed by atoms with Gasteiger partial charge in [0.1, 0.15) is 11.6 Å². The summed E-state index contributed by atoms with van der Waals surface area (Å²) in [6.07, 6.45) is 4.47. The third-order valence-electron chi connectivity index (χ3n) is 6.96. The van der Waals surface area contributed by atoms with E-state index in [1.54, 1.807) is 0 Å². The number of hydrogen-bond acceptors (Lipinski definition) is 8. The van der Waals surface area contributed by atoms with Gasteiger partial charge in [-0.1, -0.05) is 12.1 Å². The summed E-state index contributed by atoms with van der Waals surface area (Å²) in [5, 5.41) is 3.07. The van der Waals surface area contributed by atoms with Crippen LogP contribution in [0.4, 0.5) is 11.5 Å². The van der Waals surface area contributed by atoms with E-state index >= 15 is 0 Å². The zero-order valence-corrected chi connectivity index (χ0v) is 21.9.